The average molecular weight is 377 g/mol. The topological polar surface area (TPSA) is 62.3 Å². The van der Waals surface area contributed by atoms with Crippen molar-refractivity contribution in [2.75, 3.05) is 11.9 Å². The number of pyridine rings is 1. The van der Waals surface area contributed by atoms with E-state index in [0.29, 0.717) is 16.1 Å². The normalized spacial score (nSPS) is 16.3. The number of carbonyl (C=O) groups excluding carboxylic acids is 2. The molecule has 27 heavy (non-hydrogen) atoms. The Labute approximate surface area is 161 Å². The molecule has 0 spiro atoms. The zero-order valence-electron chi connectivity index (χ0n) is 14.7. The molecule has 2 amide bonds. The second-order valence-corrected chi connectivity index (χ2v) is 7.40. The maximum Gasteiger partial charge on any atom is 0.265 e. The van der Waals surface area contributed by atoms with Gasteiger partial charge in [0.15, 0.2) is 0 Å². The number of aromatic nitrogens is 1. The van der Waals surface area contributed by atoms with E-state index in [4.69, 9.17) is 0 Å². The standard InChI is InChI=1S/C21H19N3O2S/c25-20(19-9-4-12-27-19)23-17-7-1-5-15(13-17)21(26)24-11-3-8-18(24)16-6-2-10-22-14-16/h1-2,4-7,9-10,12-14,18H,3,8,11H2,(H,23,25)/t18-/m0/s1. The number of hydrogen-bond acceptors (Lipinski definition) is 4. The Hall–Kier alpha value is -2.99. The second kappa shape index (κ2) is 7.72. The molecule has 1 aliphatic rings. The summed E-state index contributed by atoms with van der Waals surface area (Å²) < 4.78 is 0. The predicted molar refractivity (Wildman–Crippen MR) is 106 cm³/mol. The van der Waals surface area contributed by atoms with Crippen LogP contribution in [0.3, 0.4) is 0 Å². The Balaban J connectivity index is 1.53. The SMILES string of the molecule is O=C(Nc1cccc(C(=O)N2CCC[C@H]2c2cccnc2)c1)c1cccs1. The van der Waals surface area contributed by atoms with Gasteiger partial charge >= 0.3 is 0 Å². The van der Waals surface area contributed by atoms with Gasteiger partial charge in [0.05, 0.1) is 10.9 Å². The number of likely N-dealkylation sites (tertiary alicyclic amines) is 1. The third-order valence-corrected chi connectivity index (χ3v) is 5.56. The first-order valence-corrected chi connectivity index (χ1v) is 9.76. The third kappa shape index (κ3) is 3.75. The molecule has 1 atom stereocenters. The lowest BCUT2D eigenvalue weighted by atomic mass is 10.1. The van der Waals surface area contributed by atoms with Gasteiger partial charge in [0, 0.05) is 30.2 Å². The minimum atomic E-state index is -0.163. The van der Waals surface area contributed by atoms with Crippen molar-refractivity contribution in [3.8, 4) is 0 Å². The van der Waals surface area contributed by atoms with Crippen LogP contribution in [-0.2, 0) is 0 Å². The molecule has 136 valence electrons. The number of hydrogen-bond donors (Lipinski definition) is 1. The molecule has 2 aromatic heterocycles. The molecular weight excluding hydrogens is 358 g/mol. The summed E-state index contributed by atoms with van der Waals surface area (Å²) in [5.74, 6) is -0.183. The van der Waals surface area contributed by atoms with Crippen LogP contribution in [0.1, 0.15) is 44.5 Å². The van der Waals surface area contributed by atoms with Gasteiger partial charge in [-0.3, -0.25) is 14.6 Å². The van der Waals surface area contributed by atoms with Gasteiger partial charge < -0.3 is 10.2 Å². The lowest BCUT2D eigenvalue weighted by molar-refractivity contribution is 0.0735. The highest BCUT2D eigenvalue weighted by molar-refractivity contribution is 7.12. The highest BCUT2D eigenvalue weighted by Crippen LogP contribution is 2.33. The molecule has 0 saturated carbocycles. The highest BCUT2D eigenvalue weighted by atomic mass is 32.1. The van der Waals surface area contributed by atoms with Crippen LogP contribution in [0.25, 0.3) is 0 Å². The quantitative estimate of drug-likeness (QED) is 0.734. The van der Waals surface area contributed by atoms with E-state index in [0.717, 1.165) is 24.9 Å². The minimum Gasteiger partial charge on any atom is -0.332 e. The Morgan fingerprint density at radius 1 is 1.15 bits per heavy atom. The summed E-state index contributed by atoms with van der Waals surface area (Å²) in [7, 11) is 0. The third-order valence-electron chi connectivity index (χ3n) is 4.70. The largest absolute Gasteiger partial charge is 0.332 e. The Kier molecular flexibility index (Phi) is 4.98. The van der Waals surface area contributed by atoms with Crippen molar-refractivity contribution in [2.45, 2.75) is 18.9 Å². The lowest BCUT2D eigenvalue weighted by Crippen LogP contribution is -2.30. The average Bonchev–Trinajstić information content (AvgIpc) is 3.40. The maximum atomic E-state index is 13.1. The number of carbonyl (C=O) groups is 2. The van der Waals surface area contributed by atoms with E-state index in [2.05, 4.69) is 10.3 Å². The van der Waals surface area contributed by atoms with Crippen molar-refractivity contribution >= 4 is 28.8 Å². The monoisotopic (exact) mass is 377 g/mol. The molecule has 0 bridgehead atoms. The minimum absolute atomic E-state index is 0.0198. The first kappa shape index (κ1) is 17.4. The fraction of sp³-hybridized carbons (Fsp3) is 0.190. The summed E-state index contributed by atoms with van der Waals surface area (Å²) in [6.45, 7) is 0.726. The van der Waals surface area contributed by atoms with Gasteiger partial charge in [-0.05, 0) is 54.1 Å². The smallest absolute Gasteiger partial charge is 0.265 e. The summed E-state index contributed by atoms with van der Waals surface area (Å²) in [5.41, 5.74) is 2.26. The molecule has 0 aliphatic carbocycles. The van der Waals surface area contributed by atoms with Crippen LogP contribution in [0.15, 0.2) is 66.3 Å². The van der Waals surface area contributed by atoms with E-state index in [1.807, 2.05) is 34.7 Å². The Bertz CT molecular complexity index is 941. The van der Waals surface area contributed by atoms with Crippen LogP contribution in [0.4, 0.5) is 5.69 Å². The molecule has 1 N–H and O–H groups in total. The van der Waals surface area contributed by atoms with Gasteiger partial charge in [-0.25, -0.2) is 0 Å². The predicted octanol–water partition coefficient (Wildman–Crippen LogP) is 4.37. The maximum absolute atomic E-state index is 13.1. The zero-order valence-corrected chi connectivity index (χ0v) is 15.5. The van der Waals surface area contributed by atoms with Gasteiger partial charge in [0.25, 0.3) is 11.8 Å². The molecule has 1 aromatic carbocycles. The number of anilines is 1. The molecule has 4 rings (SSSR count). The molecule has 0 radical (unpaired) electrons. The molecule has 6 heteroatoms. The van der Waals surface area contributed by atoms with Crippen LogP contribution in [0.5, 0.6) is 0 Å². The van der Waals surface area contributed by atoms with Crippen molar-refractivity contribution in [1.29, 1.82) is 0 Å². The number of rotatable bonds is 4. The Morgan fingerprint density at radius 2 is 2.07 bits per heavy atom. The molecule has 1 saturated heterocycles. The Morgan fingerprint density at radius 3 is 2.85 bits per heavy atom. The number of nitrogens with one attached hydrogen (secondary N) is 1. The highest BCUT2D eigenvalue weighted by Gasteiger charge is 2.30. The second-order valence-electron chi connectivity index (χ2n) is 6.46. The van der Waals surface area contributed by atoms with E-state index in [9.17, 15) is 9.59 Å². The van der Waals surface area contributed by atoms with E-state index in [1.54, 1.807) is 36.5 Å². The van der Waals surface area contributed by atoms with Crippen LogP contribution < -0.4 is 5.32 Å². The van der Waals surface area contributed by atoms with E-state index in [1.165, 1.54) is 11.3 Å². The number of amides is 2. The van der Waals surface area contributed by atoms with Crippen molar-refractivity contribution in [1.82, 2.24) is 9.88 Å². The van der Waals surface area contributed by atoms with Crippen LogP contribution in [-0.4, -0.2) is 28.2 Å². The van der Waals surface area contributed by atoms with Gasteiger partial charge in [-0.15, -0.1) is 11.3 Å². The first-order valence-electron chi connectivity index (χ1n) is 8.88. The molecule has 0 unspecified atom stereocenters. The molecule has 1 aliphatic heterocycles. The van der Waals surface area contributed by atoms with Crippen molar-refractivity contribution in [3.63, 3.8) is 0 Å². The van der Waals surface area contributed by atoms with Crippen molar-refractivity contribution in [3.05, 3.63) is 82.3 Å². The summed E-state index contributed by atoms with van der Waals surface area (Å²) in [5, 5.41) is 4.73. The fourth-order valence-electron chi connectivity index (χ4n) is 3.43. The van der Waals surface area contributed by atoms with Gasteiger partial charge in [0.1, 0.15) is 0 Å². The van der Waals surface area contributed by atoms with Crippen LogP contribution in [0, 0.1) is 0 Å². The number of nitrogens with zero attached hydrogens (tertiary/aromatic N) is 2. The lowest BCUT2D eigenvalue weighted by Gasteiger charge is -2.25. The van der Waals surface area contributed by atoms with Crippen LogP contribution >= 0.6 is 11.3 Å². The van der Waals surface area contributed by atoms with E-state index < -0.39 is 0 Å². The zero-order chi connectivity index (χ0) is 18.6. The van der Waals surface area contributed by atoms with E-state index >= 15 is 0 Å². The van der Waals surface area contributed by atoms with E-state index in [-0.39, 0.29) is 17.9 Å². The summed E-state index contributed by atoms with van der Waals surface area (Å²) in [4.78, 5) is 32.1. The first-order chi connectivity index (χ1) is 13.2. The molecular formula is C21H19N3O2S. The fourth-order valence-corrected chi connectivity index (χ4v) is 4.04. The van der Waals surface area contributed by atoms with Gasteiger partial charge in [-0.1, -0.05) is 18.2 Å². The molecule has 3 heterocycles. The van der Waals surface area contributed by atoms with Crippen molar-refractivity contribution < 1.29 is 9.59 Å². The number of benzene rings is 1. The summed E-state index contributed by atoms with van der Waals surface area (Å²) in [6, 6.07) is 14.7. The van der Waals surface area contributed by atoms with Crippen molar-refractivity contribution in [2.24, 2.45) is 0 Å². The molecule has 3 aromatic rings. The molecule has 1 fully saturated rings. The number of thiophene rings is 1. The summed E-state index contributed by atoms with van der Waals surface area (Å²) in [6.07, 6.45) is 5.48. The van der Waals surface area contributed by atoms with Gasteiger partial charge in [-0.2, -0.15) is 0 Å². The summed E-state index contributed by atoms with van der Waals surface area (Å²) >= 11 is 1.39. The molecule has 5 nitrogen and oxygen atoms in total. The van der Waals surface area contributed by atoms with Crippen LogP contribution in [0.2, 0.25) is 0 Å². The van der Waals surface area contributed by atoms with Gasteiger partial charge in [0.2, 0.25) is 0 Å².